The third kappa shape index (κ3) is 1.39. The van der Waals surface area contributed by atoms with Crippen molar-refractivity contribution in [2.24, 2.45) is 5.92 Å². The Bertz CT molecular complexity index is 512. The van der Waals surface area contributed by atoms with Crippen LogP contribution in [-0.4, -0.2) is 12.8 Å². The van der Waals surface area contributed by atoms with Gasteiger partial charge in [0.25, 0.3) is 0 Å². The minimum Gasteiger partial charge on any atom is -0.358 e. The number of H-pyrrole nitrogens is 1. The molecule has 2 heteroatoms. The van der Waals surface area contributed by atoms with E-state index in [4.69, 9.17) is 7.85 Å². The Morgan fingerprint density at radius 1 is 1.40 bits per heavy atom. The molecule has 0 fully saturated rings. The molecule has 1 aliphatic carbocycles. The summed E-state index contributed by atoms with van der Waals surface area (Å²) in [6.45, 7) is 2.33. The quantitative estimate of drug-likeness (QED) is 0.619. The van der Waals surface area contributed by atoms with E-state index in [0.29, 0.717) is 0 Å². The maximum atomic E-state index is 5.84. The molecule has 1 nitrogen and oxygen atoms in total. The van der Waals surface area contributed by atoms with Gasteiger partial charge in [-0.3, -0.25) is 0 Å². The zero-order valence-corrected chi connectivity index (χ0v) is 9.01. The van der Waals surface area contributed by atoms with E-state index < -0.39 is 0 Å². The Morgan fingerprint density at radius 2 is 2.27 bits per heavy atom. The molecule has 2 aromatic rings. The summed E-state index contributed by atoms with van der Waals surface area (Å²) in [7, 11) is 5.84. The fourth-order valence-electron chi connectivity index (χ4n) is 2.61. The van der Waals surface area contributed by atoms with Gasteiger partial charge in [0.15, 0.2) is 0 Å². The summed E-state index contributed by atoms with van der Waals surface area (Å²) in [4.78, 5) is 3.51. The molecule has 0 amide bonds. The fourth-order valence-corrected chi connectivity index (χ4v) is 2.61. The highest BCUT2D eigenvalue weighted by atomic mass is 14.7. The summed E-state index contributed by atoms with van der Waals surface area (Å²) in [6.07, 6.45) is 3.68. The van der Waals surface area contributed by atoms with Crippen LogP contribution < -0.4 is 5.46 Å². The van der Waals surface area contributed by atoms with Gasteiger partial charge in [-0.1, -0.05) is 24.5 Å². The van der Waals surface area contributed by atoms with Crippen molar-refractivity contribution in [3.63, 3.8) is 0 Å². The number of nitrogens with one attached hydrogen (secondary N) is 1. The van der Waals surface area contributed by atoms with Crippen molar-refractivity contribution in [2.75, 3.05) is 0 Å². The normalized spacial score (nSPS) is 20.5. The van der Waals surface area contributed by atoms with E-state index in [-0.39, 0.29) is 0 Å². The first kappa shape index (κ1) is 9.08. The number of fused-ring (bicyclic) bond motifs is 3. The highest BCUT2D eigenvalue weighted by Gasteiger charge is 2.19. The molecule has 1 atom stereocenters. The lowest BCUT2D eigenvalue weighted by atomic mass is 9.86. The number of aromatic nitrogens is 1. The Labute approximate surface area is 91.3 Å². The summed E-state index contributed by atoms with van der Waals surface area (Å²) in [5, 5.41) is 1.33. The standard InChI is InChI=1S/C13H14BN/c1-8-2-4-12-10(6-8)11-7-9(14)3-5-13(11)15-12/h3,5,7-8,15H,2,4,6H2,1H3. The molecule has 1 aromatic heterocycles. The molecule has 1 heterocycles. The Kier molecular flexibility index (Phi) is 1.91. The molecular formula is C13H14BN. The van der Waals surface area contributed by atoms with Crippen LogP contribution in [-0.2, 0) is 12.8 Å². The van der Waals surface area contributed by atoms with E-state index in [1.165, 1.54) is 41.4 Å². The molecule has 2 radical (unpaired) electrons. The molecule has 0 aliphatic heterocycles. The molecule has 0 saturated carbocycles. The van der Waals surface area contributed by atoms with Gasteiger partial charge in [-0.25, -0.2) is 0 Å². The van der Waals surface area contributed by atoms with Crippen LogP contribution in [0.15, 0.2) is 18.2 Å². The molecule has 1 N–H and O–H groups in total. The van der Waals surface area contributed by atoms with Crippen LogP contribution in [0.3, 0.4) is 0 Å². The average molecular weight is 195 g/mol. The molecule has 3 rings (SSSR count). The van der Waals surface area contributed by atoms with Gasteiger partial charge in [-0.15, -0.1) is 0 Å². The Balaban J connectivity index is 2.25. The van der Waals surface area contributed by atoms with Crippen LogP contribution >= 0.6 is 0 Å². The number of aromatic amines is 1. The van der Waals surface area contributed by atoms with Crippen LogP contribution in [0.25, 0.3) is 10.9 Å². The Morgan fingerprint density at radius 3 is 3.13 bits per heavy atom. The van der Waals surface area contributed by atoms with Crippen LogP contribution in [0, 0.1) is 5.92 Å². The van der Waals surface area contributed by atoms with Gasteiger partial charge in [0.2, 0.25) is 0 Å². The third-order valence-electron chi connectivity index (χ3n) is 3.46. The van der Waals surface area contributed by atoms with Gasteiger partial charge in [-0.2, -0.15) is 0 Å². The van der Waals surface area contributed by atoms with Crippen molar-refractivity contribution in [3.8, 4) is 0 Å². The van der Waals surface area contributed by atoms with Crippen molar-refractivity contribution in [2.45, 2.75) is 26.2 Å². The summed E-state index contributed by atoms with van der Waals surface area (Å²) in [5.41, 5.74) is 5.02. The van der Waals surface area contributed by atoms with Crippen molar-refractivity contribution < 1.29 is 0 Å². The van der Waals surface area contributed by atoms with Gasteiger partial charge in [-0.05, 0) is 36.8 Å². The summed E-state index contributed by atoms with van der Waals surface area (Å²) >= 11 is 0. The third-order valence-corrected chi connectivity index (χ3v) is 3.46. The van der Waals surface area contributed by atoms with E-state index in [1.54, 1.807) is 0 Å². The van der Waals surface area contributed by atoms with Crippen LogP contribution in [0.4, 0.5) is 0 Å². The van der Waals surface area contributed by atoms with E-state index >= 15 is 0 Å². The highest BCUT2D eigenvalue weighted by molar-refractivity contribution is 6.33. The molecule has 1 aliphatic rings. The first-order valence-electron chi connectivity index (χ1n) is 5.63. The van der Waals surface area contributed by atoms with E-state index in [9.17, 15) is 0 Å². The summed E-state index contributed by atoms with van der Waals surface area (Å²) in [5.74, 6) is 0.804. The van der Waals surface area contributed by atoms with E-state index in [2.05, 4.69) is 24.0 Å². The zero-order chi connectivity index (χ0) is 10.4. The van der Waals surface area contributed by atoms with Crippen LogP contribution in [0.1, 0.15) is 24.6 Å². The lowest BCUT2D eigenvalue weighted by molar-refractivity contribution is 0.499. The number of rotatable bonds is 0. The second-order valence-electron chi connectivity index (χ2n) is 4.74. The minimum absolute atomic E-state index is 0.804. The maximum absolute atomic E-state index is 5.84. The van der Waals surface area contributed by atoms with Crippen molar-refractivity contribution >= 4 is 24.2 Å². The topological polar surface area (TPSA) is 15.8 Å². The SMILES string of the molecule is [B]c1ccc2[nH]c3c(c2c1)CC(C)CC3. The zero-order valence-electron chi connectivity index (χ0n) is 9.01. The average Bonchev–Trinajstić information content (AvgIpc) is 2.56. The Hall–Kier alpha value is -1.18. The predicted molar refractivity (Wildman–Crippen MR) is 64.9 cm³/mol. The fraction of sp³-hybridized carbons (Fsp3) is 0.385. The molecule has 74 valence electrons. The molecule has 0 spiro atoms. The second kappa shape index (κ2) is 3.16. The number of benzene rings is 1. The van der Waals surface area contributed by atoms with Crippen LogP contribution in [0.5, 0.6) is 0 Å². The largest absolute Gasteiger partial charge is 0.358 e. The number of aryl methyl sites for hydroxylation is 1. The van der Waals surface area contributed by atoms with Gasteiger partial charge in [0, 0.05) is 16.6 Å². The highest BCUT2D eigenvalue weighted by Crippen LogP contribution is 2.30. The number of hydrogen-bond acceptors (Lipinski definition) is 0. The van der Waals surface area contributed by atoms with Crippen molar-refractivity contribution in [1.29, 1.82) is 0 Å². The van der Waals surface area contributed by atoms with E-state index in [0.717, 1.165) is 11.4 Å². The summed E-state index contributed by atoms with van der Waals surface area (Å²) < 4.78 is 0. The molecule has 0 bridgehead atoms. The van der Waals surface area contributed by atoms with Gasteiger partial charge in [0.1, 0.15) is 7.85 Å². The molecular weight excluding hydrogens is 181 g/mol. The predicted octanol–water partition coefficient (Wildman–Crippen LogP) is 2.09. The van der Waals surface area contributed by atoms with Crippen molar-refractivity contribution in [1.82, 2.24) is 4.98 Å². The first-order chi connectivity index (χ1) is 7.24. The maximum Gasteiger partial charge on any atom is 0.113 e. The van der Waals surface area contributed by atoms with Crippen molar-refractivity contribution in [3.05, 3.63) is 29.5 Å². The van der Waals surface area contributed by atoms with Gasteiger partial charge < -0.3 is 4.98 Å². The van der Waals surface area contributed by atoms with Gasteiger partial charge >= 0.3 is 0 Å². The van der Waals surface area contributed by atoms with Crippen LogP contribution in [0.2, 0.25) is 0 Å². The summed E-state index contributed by atoms with van der Waals surface area (Å²) in [6, 6.07) is 6.16. The molecule has 15 heavy (non-hydrogen) atoms. The lowest BCUT2D eigenvalue weighted by Crippen LogP contribution is -2.10. The second-order valence-corrected chi connectivity index (χ2v) is 4.74. The van der Waals surface area contributed by atoms with Gasteiger partial charge in [0.05, 0.1) is 0 Å². The monoisotopic (exact) mass is 195 g/mol. The minimum atomic E-state index is 0.804. The molecule has 1 unspecified atom stereocenters. The molecule has 0 saturated heterocycles. The smallest absolute Gasteiger partial charge is 0.113 e. The first-order valence-corrected chi connectivity index (χ1v) is 5.63. The molecule has 1 aromatic carbocycles. The number of hydrogen-bond donors (Lipinski definition) is 1. The lowest BCUT2D eigenvalue weighted by Gasteiger charge is -2.18. The van der Waals surface area contributed by atoms with E-state index in [1.807, 2.05) is 6.07 Å².